The number of benzene rings is 2. The highest BCUT2D eigenvalue weighted by atomic mass is 35.5. The summed E-state index contributed by atoms with van der Waals surface area (Å²) in [6.45, 7) is 0. The van der Waals surface area contributed by atoms with Crippen molar-refractivity contribution < 1.29 is 4.39 Å². The summed E-state index contributed by atoms with van der Waals surface area (Å²) >= 11 is 11.2. The van der Waals surface area contributed by atoms with Crippen LogP contribution in [0.4, 0.5) is 4.39 Å². The summed E-state index contributed by atoms with van der Waals surface area (Å²) in [5.41, 5.74) is 1.40. The normalized spacial score (nSPS) is 11.2. The van der Waals surface area contributed by atoms with Gasteiger partial charge in [0.05, 0.1) is 6.21 Å². The third-order valence-corrected chi connectivity index (χ3v) is 3.40. The molecule has 1 N–H and O–H groups in total. The number of halogens is 2. The highest BCUT2D eigenvalue weighted by Crippen LogP contribution is 2.21. The van der Waals surface area contributed by atoms with Gasteiger partial charge in [-0.2, -0.15) is 14.9 Å². The van der Waals surface area contributed by atoms with Gasteiger partial charge in [-0.3, -0.25) is 0 Å². The Balaban J connectivity index is 2.01. The molecule has 0 bridgehead atoms. The minimum absolute atomic E-state index is 0.324. The van der Waals surface area contributed by atoms with Crippen molar-refractivity contribution in [2.24, 2.45) is 5.10 Å². The zero-order valence-electron chi connectivity index (χ0n) is 11.2. The lowest BCUT2D eigenvalue weighted by atomic mass is 10.2. The van der Waals surface area contributed by atoms with Crippen LogP contribution in [0.15, 0.2) is 53.6 Å². The molecule has 3 aromatic rings. The summed E-state index contributed by atoms with van der Waals surface area (Å²) in [7, 11) is 0. The van der Waals surface area contributed by atoms with Crippen LogP contribution in [0.5, 0.6) is 0 Å². The second-order valence-electron chi connectivity index (χ2n) is 4.47. The summed E-state index contributed by atoms with van der Waals surface area (Å²) in [5.74, 6) is 0.204. The van der Waals surface area contributed by atoms with E-state index >= 15 is 0 Å². The van der Waals surface area contributed by atoms with Gasteiger partial charge in [-0.15, -0.1) is 0 Å². The Hall–Kier alpha value is -2.31. The van der Waals surface area contributed by atoms with E-state index in [1.807, 2.05) is 12.1 Å². The van der Waals surface area contributed by atoms with Gasteiger partial charge in [-0.05, 0) is 42.0 Å². The summed E-state index contributed by atoms with van der Waals surface area (Å²) in [6.07, 6.45) is 1.52. The molecular formula is C15H10ClFN4S. The average molecular weight is 333 g/mol. The molecule has 0 saturated heterocycles. The van der Waals surface area contributed by atoms with Gasteiger partial charge in [0.1, 0.15) is 5.82 Å². The third kappa shape index (κ3) is 3.13. The van der Waals surface area contributed by atoms with E-state index in [0.717, 1.165) is 5.56 Å². The maximum absolute atomic E-state index is 13.2. The first-order valence-electron chi connectivity index (χ1n) is 6.37. The molecular weight excluding hydrogens is 323 g/mol. The lowest BCUT2D eigenvalue weighted by Gasteiger charge is -2.01. The van der Waals surface area contributed by atoms with E-state index in [-0.39, 0.29) is 5.82 Å². The van der Waals surface area contributed by atoms with E-state index in [9.17, 15) is 4.39 Å². The molecule has 0 spiro atoms. The van der Waals surface area contributed by atoms with Crippen molar-refractivity contribution in [1.82, 2.24) is 14.9 Å². The third-order valence-electron chi connectivity index (χ3n) is 2.90. The molecule has 3 rings (SSSR count). The van der Waals surface area contributed by atoms with Gasteiger partial charge in [-0.1, -0.05) is 35.9 Å². The predicted octanol–water partition coefficient (Wildman–Crippen LogP) is 4.28. The van der Waals surface area contributed by atoms with Gasteiger partial charge in [0.25, 0.3) is 0 Å². The SMILES string of the molecule is Fc1cccc(/C=N/n2c(-c3cccc(Cl)c3)n[nH]c2=S)c1. The van der Waals surface area contributed by atoms with Crippen LogP contribution in [-0.2, 0) is 0 Å². The van der Waals surface area contributed by atoms with Gasteiger partial charge < -0.3 is 0 Å². The van der Waals surface area contributed by atoms with Crippen molar-refractivity contribution in [3.63, 3.8) is 0 Å². The number of nitrogens with one attached hydrogen (secondary N) is 1. The number of aromatic amines is 1. The molecule has 0 atom stereocenters. The highest BCUT2D eigenvalue weighted by Gasteiger charge is 2.08. The molecule has 7 heteroatoms. The summed E-state index contributed by atoms with van der Waals surface area (Å²) in [6, 6.07) is 13.3. The first-order valence-corrected chi connectivity index (χ1v) is 7.15. The molecule has 0 aliphatic heterocycles. The minimum atomic E-state index is -0.324. The van der Waals surface area contributed by atoms with Crippen LogP contribution in [0.25, 0.3) is 11.4 Å². The molecule has 0 saturated carbocycles. The van der Waals surface area contributed by atoms with Gasteiger partial charge in [-0.25, -0.2) is 9.49 Å². The fourth-order valence-electron chi connectivity index (χ4n) is 1.92. The number of hydrogen-bond acceptors (Lipinski definition) is 3. The zero-order valence-corrected chi connectivity index (χ0v) is 12.8. The highest BCUT2D eigenvalue weighted by molar-refractivity contribution is 7.71. The molecule has 1 heterocycles. The first kappa shape index (κ1) is 14.6. The van der Waals surface area contributed by atoms with E-state index in [1.165, 1.54) is 23.0 Å². The van der Waals surface area contributed by atoms with E-state index < -0.39 is 0 Å². The minimum Gasteiger partial charge on any atom is -0.250 e. The Morgan fingerprint density at radius 1 is 1.23 bits per heavy atom. The molecule has 1 aromatic heterocycles. The molecule has 0 unspecified atom stereocenters. The Kier molecular flexibility index (Phi) is 4.13. The molecule has 0 radical (unpaired) electrons. The lowest BCUT2D eigenvalue weighted by molar-refractivity contribution is 0.627. The van der Waals surface area contributed by atoms with Gasteiger partial charge >= 0.3 is 0 Å². The average Bonchev–Trinajstić information content (AvgIpc) is 2.86. The molecule has 0 aliphatic rings. The fraction of sp³-hybridized carbons (Fsp3) is 0. The van der Waals surface area contributed by atoms with E-state index in [0.29, 0.717) is 21.2 Å². The van der Waals surface area contributed by atoms with Crippen LogP contribution in [0.1, 0.15) is 5.56 Å². The fourth-order valence-corrected chi connectivity index (χ4v) is 2.29. The van der Waals surface area contributed by atoms with Crippen molar-refractivity contribution in [1.29, 1.82) is 0 Å². The Bertz CT molecular complexity index is 900. The molecule has 4 nitrogen and oxygen atoms in total. The van der Waals surface area contributed by atoms with Crippen molar-refractivity contribution >= 4 is 30.0 Å². The van der Waals surface area contributed by atoms with Crippen molar-refractivity contribution in [3.8, 4) is 11.4 Å². The van der Waals surface area contributed by atoms with Crippen molar-refractivity contribution in [2.45, 2.75) is 0 Å². The quantitative estimate of drug-likeness (QED) is 0.574. The summed E-state index contributed by atoms with van der Waals surface area (Å²) in [5, 5.41) is 11.7. The number of aromatic nitrogens is 3. The molecule has 0 fully saturated rings. The van der Waals surface area contributed by atoms with Crippen molar-refractivity contribution in [2.75, 3.05) is 0 Å². The summed E-state index contributed by atoms with van der Waals surface area (Å²) in [4.78, 5) is 0. The van der Waals surface area contributed by atoms with Crippen LogP contribution in [-0.4, -0.2) is 21.1 Å². The van der Waals surface area contributed by atoms with Crippen LogP contribution in [0.3, 0.4) is 0 Å². The first-order chi connectivity index (χ1) is 10.6. The predicted molar refractivity (Wildman–Crippen MR) is 87.2 cm³/mol. The number of H-pyrrole nitrogens is 1. The van der Waals surface area contributed by atoms with Gasteiger partial charge in [0.2, 0.25) is 4.77 Å². The second-order valence-corrected chi connectivity index (χ2v) is 5.30. The van der Waals surface area contributed by atoms with Crippen LogP contribution < -0.4 is 0 Å². The van der Waals surface area contributed by atoms with E-state index in [4.69, 9.17) is 23.8 Å². The molecule has 0 amide bonds. The maximum Gasteiger partial charge on any atom is 0.216 e. The monoisotopic (exact) mass is 332 g/mol. The van der Waals surface area contributed by atoms with E-state index in [1.54, 1.807) is 24.3 Å². The smallest absolute Gasteiger partial charge is 0.216 e. The number of hydrogen-bond donors (Lipinski definition) is 1. The van der Waals surface area contributed by atoms with Crippen LogP contribution in [0, 0.1) is 10.6 Å². The number of nitrogens with zero attached hydrogens (tertiary/aromatic N) is 3. The Labute approximate surface area is 135 Å². The molecule has 0 aliphatic carbocycles. The zero-order chi connectivity index (χ0) is 15.5. The lowest BCUT2D eigenvalue weighted by Crippen LogP contribution is -1.95. The molecule has 110 valence electrons. The largest absolute Gasteiger partial charge is 0.250 e. The summed E-state index contributed by atoms with van der Waals surface area (Å²) < 4.78 is 15.0. The standard InChI is InChI=1S/C15H10ClFN4S/c16-12-5-2-4-11(8-12)14-19-20-15(22)21(14)18-9-10-3-1-6-13(17)7-10/h1-9H,(H,20,22)/b18-9+. The second kappa shape index (κ2) is 6.21. The molecule has 2 aromatic carbocycles. The topological polar surface area (TPSA) is 46.0 Å². The maximum atomic E-state index is 13.2. The van der Waals surface area contributed by atoms with Crippen LogP contribution in [0.2, 0.25) is 5.02 Å². The Morgan fingerprint density at radius 3 is 2.82 bits per heavy atom. The van der Waals surface area contributed by atoms with Gasteiger partial charge in [0.15, 0.2) is 5.82 Å². The number of rotatable bonds is 3. The van der Waals surface area contributed by atoms with E-state index in [2.05, 4.69) is 15.3 Å². The van der Waals surface area contributed by atoms with Gasteiger partial charge in [0, 0.05) is 10.6 Å². The van der Waals surface area contributed by atoms with Crippen molar-refractivity contribution in [3.05, 3.63) is 69.7 Å². The molecule has 22 heavy (non-hydrogen) atoms. The van der Waals surface area contributed by atoms with Crippen LogP contribution >= 0.6 is 23.8 Å². The Morgan fingerprint density at radius 2 is 2.05 bits per heavy atom.